The van der Waals surface area contributed by atoms with Gasteiger partial charge in [0.05, 0.1) is 6.42 Å². The van der Waals surface area contributed by atoms with Gasteiger partial charge in [0.2, 0.25) is 6.86 Å². The van der Waals surface area contributed by atoms with Gasteiger partial charge in [0.15, 0.2) is 0 Å². The Morgan fingerprint density at radius 3 is 2.46 bits per heavy atom. The highest BCUT2D eigenvalue weighted by atomic mass is 19.1. The van der Waals surface area contributed by atoms with Gasteiger partial charge in [-0.25, -0.2) is 4.39 Å². The van der Waals surface area contributed by atoms with Gasteiger partial charge in [-0.3, -0.25) is 4.79 Å². The van der Waals surface area contributed by atoms with Crippen LogP contribution >= 0.6 is 0 Å². The van der Waals surface area contributed by atoms with E-state index in [1.165, 1.54) is 12.1 Å². The van der Waals surface area contributed by atoms with Crippen molar-refractivity contribution >= 4 is 5.97 Å². The first-order valence-corrected chi connectivity index (χ1v) is 3.72. The van der Waals surface area contributed by atoms with Crippen molar-refractivity contribution in [2.24, 2.45) is 0 Å². The molecule has 0 unspecified atom stereocenters. The Hall–Kier alpha value is -1.58. The van der Waals surface area contributed by atoms with Crippen LogP contribution in [0.3, 0.4) is 0 Å². The van der Waals surface area contributed by atoms with Gasteiger partial charge in [-0.1, -0.05) is 12.1 Å². The van der Waals surface area contributed by atoms with Gasteiger partial charge in [0.1, 0.15) is 5.75 Å². The summed E-state index contributed by atoms with van der Waals surface area (Å²) in [5.74, 6) is -0.490. The third-order valence-electron chi connectivity index (χ3n) is 1.50. The summed E-state index contributed by atoms with van der Waals surface area (Å²) in [5.41, 5.74) is 0.665. The number of halogens is 1. The van der Waals surface area contributed by atoms with Crippen LogP contribution in [0.5, 0.6) is 5.75 Å². The number of carboxylic acid groups (broad SMARTS) is 1. The SMILES string of the molecule is O=C(O)Cc1ccc(OCF)cc1. The molecule has 0 aliphatic carbocycles. The molecule has 1 aromatic rings. The number of carboxylic acids is 1. The van der Waals surface area contributed by atoms with E-state index in [0.717, 1.165) is 0 Å². The average molecular weight is 184 g/mol. The second kappa shape index (κ2) is 4.45. The van der Waals surface area contributed by atoms with Crippen molar-refractivity contribution < 1.29 is 19.0 Å². The summed E-state index contributed by atoms with van der Waals surface area (Å²) in [7, 11) is 0. The van der Waals surface area contributed by atoms with E-state index in [2.05, 4.69) is 4.74 Å². The molecule has 0 amide bonds. The number of aliphatic carboxylic acids is 1. The van der Waals surface area contributed by atoms with Crippen molar-refractivity contribution in [2.45, 2.75) is 6.42 Å². The minimum Gasteiger partial charge on any atom is -0.481 e. The molecule has 0 bridgehead atoms. The Kier molecular flexibility index (Phi) is 3.25. The molecule has 70 valence electrons. The fourth-order valence-corrected chi connectivity index (χ4v) is 0.941. The molecule has 1 rings (SSSR count). The summed E-state index contributed by atoms with van der Waals surface area (Å²) in [6, 6.07) is 6.27. The van der Waals surface area contributed by atoms with E-state index < -0.39 is 12.8 Å². The van der Waals surface area contributed by atoms with Crippen molar-refractivity contribution in [2.75, 3.05) is 6.86 Å². The fraction of sp³-hybridized carbons (Fsp3) is 0.222. The van der Waals surface area contributed by atoms with Crippen LogP contribution in [-0.2, 0) is 11.2 Å². The molecular weight excluding hydrogens is 175 g/mol. The topological polar surface area (TPSA) is 46.5 Å². The van der Waals surface area contributed by atoms with Crippen LogP contribution in [0.2, 0.25) is 0 Å². The number of benzene rings is 1. The molecule has 0 fully saturated rings. The van der Waals surface area contributed by atoms with Gasteiger partial charge in [-0.05, 0) is 17.7 Å². The Morgan fingerprint density at radius 1 is 1.38 bits per heavy atom. The first-order valence-electron chi connectivity index (χ1n) is 3.72. The first-order chi connectivity index (χ1) is 6.22. The second-order valence-electron chi connectivity index (χ2n) is 2.47. The lowest BCUT2D eigenvalue weighted by Gasteiger charge is -2.01. The highest BCUT2D eigenvalue weighted by Crippen LogP contribution is 2.12. The molecule has 1 aromatic carbocycles. The van der Waals surface area contributed by atoms with Crippen LogP contribution in [0.15, 0.2) is 24.3 Å². The third-order valence-corrected chi connectivity index (χ3v) is 1.50. The highest BCUT2D eigenvalue weighted by molar-refractivity contribution is 5.70. The summed E-state index contributed by atoms with van der Waals surface area (Å²) in [4.78, 5) is 10.3. The maximum atomic E-state index is 11.7. The molecule has 0 heterocycles. The van der Waals surface area contributed by atoms with Gasteiger partial charge in [0.25, 0.3) is 0 Å². The van der Waals surface area contributed by atoms with Crippen molar-refractivity contribution in [3.63, 3.8) is 0 Å². The van der Waals surface area contributed by atoms with Gasteiger partial charge in [-0.2, -0.15) is 0 Å². The zero-order chi connectivity index (χ0) is 9.68. The van der Waals surface area contributed by atoms with Gasteiger partial charge in [0, 0.05) is 0 Å². The Morgan fingerprint density at radius 2 is 2.00 bits per heavy atom. The van der Waals surface area contributed by atoms with Crippen molar-refractivity contribution in [1.82, 2.24) is 0 Å². The molecule has 0 aliphatic heterocycles. The molecular formula is C9H9FO3. The molecule has 0 saturated heterocycles. The van der Waals surface area contributed by atoms with Gasteiger partial charge < -0.3 is 9.84 Å². The molecule has 0 radical (unpaired) electrons. The quantitative estimate of drug-likeness (QED) is 0.773. The smallest absolute Gasteiger partial charge is 0.307 e. The Labute approximate surface area is 74.8 Å². The zero-order valence-electron chi connectivity index (χ0n) is 6.87. The van der Waals surface area contributed by atoms with Crippen LogP contribution in [0.25, 0.3) is 0 Å². The molecule has 4 heteroatoms. The molecule has 13 heavy (non-hydrogen) atoms. The van der Waals surface area contributed by atoms with E-state index in [1.807, 2.05) is 0 Å². The van der Waals surface area contributed by atoms with Crippen LogP contribution in [0.4, 0.5) is 4.39 Å². The molecule has 0 atom stereocenters. The normalized spacial score (nSPS) is 9.62. The summed E-state index contributed by atoms with van der Waals surface area (Å²) < 4.78 is 16.2. The molecule has 0 saturated carbocycles. The van der Waals surface area contributed by atoms with Gasteiger partial charge in [-0.15, -0.1) is 0 Å². The maximum Gasteiger partial charge on any atom is 0.307 e. The summed E-state index contributed by atoms with van der Waals surface area (Å²) in [6.45, 7) is -0.877. The van der Waals surface area contributed by atoms with Crippen molar-refractivity contribution in [1.29, 1.82) is 0 Å². The number of hydrogen-bond donors (Lipinski definition) is 1. The van der Waals surface area contributed by atoms with E-state index in [9.17, 15) is 9.18 Å². The van der Waals surface area contributed by atoms with Crippen LogP contribution in [0, 0.1) is 0 Å². The minimum atomic E-state index is -0.890. The number of rotatable bonds is 4. The van der Waals surface area contributed by atoms with E-state index >= 15 is 0 Å². The highest BCUT2D eigenvalue weighted by Gasteiger charge is 2.00. The van der Waals surface area contributed by atoms with E-state index in [-0.39, 0.29) is 6.42 Å². The molecule has 0 aliphatic rings. The van der Waals surface area contributed by atoms with Crippen LogP contribution in [0.1, 0.15) is 5.56 Å². The summed E-state index contributed by atoms with van der Waals surface area (Å²) in [6.07, 6.45) is -0.0318. The average Bonchev–Trinajstić information content (AvgIpc) is 2.08. The molecule has 0 spiro atoms. The lowest BCUT2D eigenvalue weighted by Crippen LogP contribution is -1.99. The predicted octanol–water partition coefficient (Wildman–Crippen LogP) is 1.62. The standard InChI is InChI=1S/C9H9FO3/c10-6-13-8-3-1-7(2-4-8)5-9(11)12/h1-4H,5-6H2,(H,11,12). The largest absolute Gasteiger partial charge is 0.481 e. The Balaban J connectivity index is 2.64. The first kappa shape index (κ1) is 9.51. The van der Waals surface area contributed by atoms with E-state index in [4.69, 9.17) is 5.11 Å². The lowest BCUT2D eigenvalue weighted by molar-refractivity contribution is -0.136. The maximum absolute atomic E-state index is 11.7. The summed E-state index contributed by atoms with van der Waals surface area (Å²) >= 11 is 0. The van der Waals surface area contributed by atoms with E-state index in [0.29, 0.717) is 11.3 Å². The third kappa shape index (κ3) is 3.11. The molecule has 1 N–H and O–H groups in total. The number of alkyl halides is 1. The van der Waals surface area contributed by atoms with Crippen LogP contribution in [-0.4, -0.2) is 17.9 Å². The molecule has 3 nitrogen and oxygen atoms in total. The second-order valence-corrected chi connectivity index (χ2v) is 2.47. The number of hydrogen-bond acceptors (Lipinski definition) is 2. The van der Waals surface area contributed by atoms with Gasteiger partial charge >= 0.3 is 5.97 Å². The predicted molar refractivity (Wildman–Crippen MR) is 44.4 cm³/mol. The molecule has 0 aromatic heterocycles. The van der Waals surface area contributed by atoms with Crippen molar-refractivity contribution in [3.05, 3.63) is 29.8 Å². The van der Waals surface area contributed by atoms with Crippen LogP contribution < -0.4 is 4.74 Å². The number of ether oxygens (including phenoxy) is 1. The number of carbonyl (C=O) groups is 1. The van der Waals surface area contributed by atoms with E-state index in [1.54, 1.807) is 12.1 Å². The fourth-order valence-electron chi connectivity index (χ4n) is 0.941. The lowest BCUT2D eigenvalue weighted by atomic mass is 10.1. The minimum absolute atomic E-state index is 0.0318. The monoisotopic (exact) mass is 184 g/mol. The summed E-state index contributed by atoms with van der Waals surface area (Å²) in [5, 5.41) is 8.45. The zero-order valence-corrected chi connectivity index (χ0v) is 6.87. The Bertz CT molecular complexity index is 281. The van der Waals surface area contributed by atoms with Crippen molar-refractivity contribution in [3.8, 4) is 5.75 Å².